The molecule has 1 aliphatic rings. The summed E-state index contributed by atoms with van der Waals surface area (Å²) in [5.41, 5.74) is 0.859. The fraction of sp³-hybridized carbons (Fsp3) is 0.200. The minimum Gasteiger partial charge on any atom is -0.490 e. The summed E-state index contributed by atoms with van der Waals surface area (Å²) in [5.74, 6) is 0.512. The van der Waals surface area contributed by atoms with Crippen LogP contribution in [0.25, 0.3) is 6.08 Å². The molecule has 0 unspecified atom stereocenters. The van der Waals surface area contributed by atoms with Crippen molar-refractivity contribution < 1.29 is 14.3 Å². The lowest BCUT2D eigenvalue weighted by Crippen LogP contribution is -2.27. The van der Waals surface area contributed by atoms with Crippen LogP contribution in [0.5, 0.6) is 5.75 Å². The van der Waals surface area contributed by atoms with E-state index in [2.05, 4.69) is 6.58 Å². The molecule has 0 spiro atoms. The molecule has 0 bridgehead atoms. The molecule has 0 aliphatic carbocycles. The van der Waals surface area contributed by atoms with E-state index < -0.39 is 0 Å². The zero-order valence-electron chi connectivity index (χ0n) is 11.2. The number of ether oxygens (including phenoxy) is 1. The summed E-state index contributed by atoms with van der Waals surface area (Å²) in [6.07, 6.45) is 3.40. The van der Waals surface area contributed by atoms with Crippen molar-refractivity contribution in [3.05, 3.63) is 47.4 Å². The topological polar surface area (TPSA) is 46.6 Å². The molecule has 0 radical (unpaired) electrons. The summed E-state index contributed by atoms with van der Waals surface area (Å²) >= 11 is 0.973. The van der Waals surface area contributed by atoms with Crippen LogP contribution in [0.15, 0.2) is 41.8 Å². The van der Waals surface area contributed by atoms with Gasteiger partial charge in [-0.3, -0.25) is 14.5 Å². The molecule has 0 N–H and O–H groups in total. The van der Waals surface area contributed by atoms with Gasteiger partial charge in [-0.25, -0.2) is 0 Å². The monoisotopic (exact) mass is 289 g/mol. The Labute approximate surface area is 122 Å². The van der Waals surface area contributed by atoms with Crippen molar-refractivity contribution in [3.8, 4) is 5.75 Å². The predicted octanol–water partition coefficient (Wildman–Crippen LogP) is 3.31. The highest BCUT2D eigenvalue weighted by molar-refractivity contribution is 8.18. The van der Waals surface area contributed by atoms with Gasteiger partial charge in [0.05, 0.1) is 4.91 Å². The van der Waals surface area contributed by atoms with Crippen molar-refractivity contribution in [3.63, 3.8) is 0 Å². The van der Waals surface area contributed by atoms with E-state index in [4.69, 9.17) is 4.74 Å². The number of hydrogen-bond donors (Lipinski definition) is 0. The van der Waals surface area contributed by atoms with Crippen LogP contribution in [0.4, 0.5) is 4.79 Å². The minimum absolute atomic E-state index is 0.213. The summed E-state index contributed by atoms with van der Waals surface area (Å²) in [6.45, 7) is 6.22. The van der Waals surface area contributed by atoms with E-state index in [9.17, 15) is 9.59 Å². The molecule has 1 saturated heterocycles. The number of likely N-dealkylation sites (N-methyl/N-ethyl adjacent to an activating group) is 1. The van der Waals surface area contributed by atoms with Gasteiger partial charge in [0.15, 0.2) is 0 Å². The zero-order valence-corrected chi connectivity index (χ0v) is 12.0. The number of benzene rings is 1. The summed E-state index contributed by atoms with van der Waals surface area (Å²) in [4.78, 5) is 25.2. The first-order valence-corrected chi connectivity index (χ1v) is 7.06. The summed E-state index contributed by atoms with van der Waals surface area (Å²) < 4.78 is 5.38. The van der Waals surface area contributed by atoms with E-state index in [0.717, 1.165) is 23.1 Å². The van der Waals surface area contributed by atoms with E-state index in [-0.39, 0.29) is 11.1 Å². The van der Waals surface area contributed by atoms with Crippen molar-refractivity contribution in [2.45, 2.75) is 6.92 Å². The largest absolute Gasteiger partial charge is 0.490 e. The Morgan fingerprint density at radius 1 is 1.30 bits per heavy atom. The first-order chi connectivity index (χ1) is 9.65. The number of carbonyl (C=O) groups is 2. The Balaban J connectivity index is 2.13. The molecule has 2 amide bonds. The van der Waals surface area contributed by atoms with Gasteiger partial charge >= 0.3 is 0 Å². The molecule has 0 aromatic heterocycles. The fourth-order valence-electron chi connectivity index (χ4n) is 1.74. The Morgan fingerprint density at radius 3 is 2.55 bits per heavy atom. The molecule has 1 aromatic carbocycles. The standard InChI is InChI=1S/C15H15NO3S/c1-3-9-19-12-7-5-11(6-8-12)10-13-14(17)16(4-2)15(18)20-13/h3,5-8,10H,1,4,9H2,2H3. The van der Waals surface area contributed by atoms with Gasteiger partial charge in [-0.2, -0.15) is 0 Å². The molecule has 4 nitrogen and oxygen atoms in total. The molecule has 104 valence electrons. The van der Waals surface area contributed by atoms with Crippen molar-refractivity contribution in [1.82, 2.24) is 4.90 Å². The third-order valence-electron chi connectivity index (χ3n) is 2.74. The smallest absolute Gasteiger partial charge is 0.293 e. The summed E-state index contributed by atoms with van der Waals surface area (Å²) in [5, 5.41) is -0.213. The van der Waals surface area contributed by atoms with Crippen molar-refractivity contribution in [1.29, 1.82) is 0 Å². The summed E-state index contributed by atoms with van der Waals surface area (Å²) in [6, 6.07) is 7.33. The van der Waals surface area contributed by atoms with Gasteiger partial charge in [0.2, 0.25) is 0 Å². The molecule has 1 aliphatic heterocycles. The van der Waals surface area contributed by atoms with E-state index in [1.807, 2.05) is 24.3 Å². The molecule has 0 atom stereocenters. The van der Waals surface area contributed by atoms with Crippen LogP contribution in [0.1, 0.15) is 12.5 Å². The van der Waals surface area contributed by atoms with Crippen LogP contribution in [0.3, 0.4) is 0 Å². The SMILES string of the molecule is C=CCOc1ccc(C=C2SC(=O)N(CC)C2=O)cc1. The highest BCUT2D eigenvalue weighted by atomic mass is 32.2. The normalized spacial score (nSPS) is 16.9. The van der Waals surface area contributed by atoms with E-state index in [0.29, 0.717) is 18.1 Å². The molecule has 20 heavy (non-hydrogen) atoms. The fourth-order valence-corrected chi connectivity index (χ4v) is 2.64. The number of hydrogen-bond acceptors (Lipinski definition) is 4. The van der Waals surface area contributed by atoms with Gasteiger partial charge in [0, 0.05) is 6.54 Å². The second-order valence-corrected chi connectivity index (χ2v) is 5.09. The number of rotatable bonds is 5. The third-order valence-corrected chi connectivity index (χ3v) is 3.64. The average molecular weight is 289 g/mol. The molecule has 0 saturated carbocycles. The maximum atomic E-state index is 11.9. The predicted molar refractivity (Wildman–Crippen MR) is 80.5 cm³/mol. The van der Waals surface area contributed by atoms with Crippen LogP contribution in [-0.4, -0.2) is 29.2 Å². The van der Waals surface area contributed by atoms with Gasteiger partial charge in [0.25, 0.3) is 11.1 Å². The van der Waals surface area contributed by atoms with Crippen molar-refractivity contribution >= 4 is 29.0 Å². The van der Waals surface area contributed by atoms with Gasteiger partial charge in [-0.1, -0.05) is 24.8 Å². The Morgan fingerprint density at radius 2 is 2.00 bits per heavy atom. The van der Waals surface area contributed by atoms with E-state index in [1.165, 1.54) is 4.90 Å². The number of thioether (sulfide) groups is 1. The number of amides is 2. The van der Waals surface area contributed by atoms with Crippen LogP contribution in [-0.2, 0) is 4.79 Å². The molecular formula is C15H15NO3S. The van der Waals surface area contributed by atoms with E-state index in [1.54, 1.807) is 19.1 Å². The maximum absolute atomic E-state index is 11.9. The molecular weight excluding hydrogens is 274 g/mol. The van der Waals surface area contributed by atoms with Gasteiger partial charge in [0.1, 0.15) is 12.4 Å². The molecule has 1 fully saturated rings. The molecule has 5 heteroatoms. The first kappa shape index (κ1) is 14.4. The lowest BCUT2D eigenvalue weighted by atomic mass is 10.2. The third kappa shape index (κ3) is 3.11. The molecule has 2 rings (SSSR count). The van der Waals surface area contributed by atoms with Crippen LogP contribution >= 0.6 is 11.8 Å². The maximum Gasteiger partial charge on any atom is 0.293 e. The van der Waals surface area contributed by atoms with Crippen LogP contribution in [0.2, 0.25) is 0 Å². The van der Waals surface area contributed by atoms with E-state index >= 15 is 0 Å². The van der Waals surface area contributed by atoms with Crippen LogP contribution in [0, 0.1) is 0 Å². The Hall–Kier alpha value is -2.01. The molecule has 1 aromatic rings. The second-order valence-electron chi connectivity index (χ2n) is 4.09. The Bertz CT molecular complexity index is 563. The van der Waals surface area contributed by atoms with Crippen LogP contribution < -0.4 is 4.74 Å². The minimum atomic E-state index is -0.227. The first-order valence-electron chi connectivity index (χ1n) is 6.25. The second kappa shape index (κ2) is 6.43. The number of imide groups is 1. The molecule has 1 heterocycles. The number of nitrogens with zero attached hydrogens (tertiary/aromatic N) is 1. The van der Waals surface area contributed by atoms with Crippen molar-refractivity contribution in [2.75, 3.05) is 13.2 Å². The quantitative estimate of drug-likeness (QED) is 0.616. The lowest BCUT2D eigenvalue weighted by Gasteiger charge is -2.07. The van der Waals surface area contributed by atoms with Gasteiger partial charge in [-0.15, -0.1) is 0 Å². The summed E-state index contributed by atoms with van der Waals surface area (Å²) in [7, 11) is 0. The van der Waals surface area contributed by atoms with Gasteiger partial charge in [-0.05, 0) is 42.5 Å². The zero-order chi connectivity index (χ0) is 14.5. The lowest BCUT2D eigenvalue weighted by molar-refractivity contribution is -0.122. The average Bonchev–Trinajstić information content (AvgIpc) is 2.72. The number of carbonyl (C=O) groups excluding carboxylic acids is 2. The highest BCUT2D eigenvalue weighted by Crippen LogP contribution is 2.32. The van der Waals surface area contributed by atoms with Crippen molar-refractivity contribution in [2.24, 2.45) is 0 Å². The Kier molecular flexibility index (Phi) is 4.63. The van der Waals surface area contributed by atoms with Gasteiger partial charge < -0.3 is 4.74 Å². The highest BCUT2D eigenvalue weighted by Gasteiger charge is 2.33.